The topological polar surface area (TPSA) is 98.2 Å². The molecule has 0 aliphatic rings. The summed E-state index contributed by atoms with van der Waals surface area (Å²) in [5, 5.41) is 8.31. The third-order valence-electron chi connectivity index (χ3n) is 2.43. The summed E-state index contributed by atoms with van der Waals surface area (Å²) in [6.07, 6.45) is 3.03. The van der Waals surface area contributed by atoms with Crippen LogP contribution >= 0.6 is 11.8 Å². The van der Waals surface area contributed by atoms with Crippen molar-refractivity contribution in [1.29, 1.82) is 0 Å². The number of rotatable bonds is 6. The fourth-order valence-electron chi connectivity index (χ4n) is 1.52. The normalized spacial score (nSPS) is 13.3. The number of nitrogens with two attached hydrogens (primary N) is 2. The lowest BCUT2D eigenvalue weighted by atomic mass is 10.2. The molecule has 1 atom stereocenters. The Balaban J connectivity index is 2.87. The molecular weight excluding hydrogens is 270 g/mol. The largest absolute Gasteiger partial charge is 0.399 e. The second-order valence-electron chi connectivity index (χ2n) is 4.16. The number of nitrogen functional groups attached to an aromatic ring is 1. The molecule has 0 saturated carbocycles. The number of hydrogen-bond donors (Lipinski definition) is 3. The summed E-state index contributed by atoms with van der Waals surface area (Å²) in [7, 11) is -3.72. The number of benzene rings is 1. The second-order valence-corrected chi connectivity index (χ2v) is 6.71. The number of thioether (sulfide) groups is 1. The van der Waals surface area contributed by atoms with Crippen LogP contribution in [0.3, 0.4) is 0 Å². The summed E-state index contributed by atoms with van der Waals surface area (Å²) in [6.45, 7) is 2.04. The summed E-state index contributed by atoms with van der Waals surface area (Å²) in [6, 6.07) is 4.80. The van der Waals surface area contributed by atoms with E-state index in [1.54, 1.807) is 17.8 Å². The van der Waals surface area contributed by atoms with Gasteiger partial charge in [-0.1, -0.05) is 0 Å². The van der Waals surface area contributed by atoms with Gasteiger partial charge in [0.25, 0.3) is 0 Å². The van der Waals surface area contributed by atoms with Gasteiger partial charge in [-0.2, -0.15) is 11.8 Å². The average Bonchev–Trinajstić information content (AvgIpc) is 2.24. The smallest absolute Gasteiger partial charge is 0.238 e. The van der Waals surface area contributed by atoms with E-state index < -0.39 is 10.0 Å². The summed E-state index contributed by atoms with van der Waals surface area (Å²) in [4.78, 5) is 0.0297. The lowest BCUT2D eigenvalue weighted by molar-refractivity contribution is 0.598. The molecule has 0 spiro atoms. The molecular formula is C11H19N3O2S2. The molecule has 1 rings (SSSR count). The van der Waals surface area contributed by atoms with Crippen molar-refractivity contribution in [3.05, 3.63) is 18.2 Å². The number of hydrogen-bond acceptors (Lipinski definition) is 5. The Bertz CT molecular complexity index is 503. The van der Waals surface area contributed by atoms with E-state index in [-0.39, 0.29) is 10.9 Å². The SMILES string of the molecule is CSCCC(C)Nc1cc(N)cc(S(N)(=O)=O)c1. The Morgan fingerprint density at radius 1 is 1.39 bits per heavy atom. The van der Waals surface area contributed by atoms with E-state index in [1.807, 2.05) is 13.2 Å². The van der Waals surface area contributed by atoms with Crippen molar-refractivity contribution in [2.24, 2.45) is 5.14 Å². The van der Waals surface area contributed by atoms with Gasteiger partial charge in [0.1, 0.15) is 0 Å². The Morgan fingerprint density at radius 2 is 2.06 bits per heavy atom. The highest BCUT2D eigenvalue weighted by Crippen LogP contribution is 2.20. The van der Waals surface area contributed by atoms with Crippen LogP contribution in [0.4, 0.5) is 11.4 Å². The first kappa shape index (κ1) is 15.1. The van der Waals surface area contributed by atoms with Gasteiger partial charge >= 0.3 is 0 Å². The van der Waals surface area contributed by atoms with Crippen LogP contribution in [-0.2, 0) is 10.0 Å². The third kappa shape index (κ3) is 4.75. The van der Waals surface area contributed by atoms with Crippen LogP contribution in [0.5, 0.6) is 0 Å². The summed E-state index contributed by atoms with van der Waals surface area (Å²) in [5.41, 5.74) is 6.72. The van der Waals surface area contributed by atoms with E-state index in [2.05, 4.69) is 5.32 Å². The molecule has 1 aromatic carbocycles. The van der Waals surface area contributed by atoms with Crippen LogP contribution in [0.2, 0.25) is 0 Å². The van der Waals surface area contributed by atoms with Crippen molar-refractivity contribution < 1.29 is 8.42 Å². The van der Waals surface area contributed by atoms with Gasteiger partial charge in [0.15, 0.2) is 0 Å². The minimum absolute atomic E-state index is 0.0297. The summed E-state index contributed by atoms with van der Waals surface area (Å²) in [5.74, 6) is 1.04. The molecule has 5 N–H and O–H groups in total. The molecule has 0 heterocycles. The Morgan fingerprint density at radius 3 is 2.61 bits per heavy atom. The van der Waals surface area contributed by atoms with Gasteiger partial charge < -0.3 is 11.1 Å². The fourth-order valence-corrected chi connectivity index (χ4v) is 2.70. The first-order valence-corrected chi connectivity index (χ1v) is 8.46. The number of primary sulfonamides is 1. The van der Waals surface area contributed by atoms with Gasteiger partial charge in [0.2, 0.25) is 10.0 Å². The lowest BCUT2D eigenvalue weighted by Gasteiger charge is -2.15. The fraction of sp³-hybridized carbons (Fsp3) is 0.455. The van der Waals surface area contributed by atoms with E-state index in [4.69, 9.17) is 10.9 Å². The van der Waals surface area contributed by atoms with E-state index in [9.17, 15) is 8.42 Å². The molecule has 0 bridgehead atoms. The van der Waals surface area contributed by atoms with Crippen LogP contribution in [0.1, 0.15) is 13.3 Å². The minimum atomic E-state index is -3.72. The molecule has 1 unspecified atom stereocenters. The van der Waals surface area contributed by atoms with Crippen molar-refractivity contribution in [3.8, 4) is 0 Å². The zero-order valence-electron chi connectivity index (χ0n) is 10.5. The molecule has 7 heteroatoms. The molecule has 1 aromatic rings. The first-order valence-electron chi connectivity index (χ1n) is 5.52. The van der Waals surface area contributed by atoms with Crippen molar-refractivity contribution >= 4 is 33.2 Å². The van der Waals surface area contributed by atoms with Gasteiger partial charge in [0.05, 0.1) is 4.90 Å². The highest BCUT2D eigenvalue weighted by molar-refractivity contribution is 7.98. The van der Waals surface area contributed by atoms with Crippen molar-refractivity contribution in [2.45, 2.75) is 24.3 Å². The number of anilines is 2. The molecule has 5 nitrogen and oxygen atoms in total. The van der Waals surface area contributed by atoms with E-state index in [0.717, 1.165) is 12.2 Å². The standard InChI is InChI=1S/C11H19N3O2S2/c1-8(3-4-17-2)14-10-5-9(12)6-11(7-10)18(13,15)16/h5-8,14H,3-4,12H2,1-2H3,(H2,13,15,16). The quantitative estimate of drug-likeness (QED) is 0.689. The second kappa shape index (κ2) is 6.31. The first-order chi connectivity index (χ1) is 8.32. The minimum Gasteiger partial charge on any atom is -0.399 e. The monoisotopic (exact) mass is 289 g/mol. The van der Waals surface area contributed by atoms with Crippen LogP contribution in [-0.4, -0.2) is 26.5 Å². The summed E-state index contributed by atoms with van der Waals surface area (Å²) < 4.78 is 22.6. The molecule has 0 radical (unpaired) electrons. The van der Waals surface area contributed by atoms with E-state index in [1.165, 1.54) is 12.1 Å². The number of nitrogens with one attached hydrogen (secondary N) is 1. The predicted octanol–water partition coefficient (Wildman–Crippen LogP) is 1.47. The van der Waals surface area contributed by atoms with Gasteiger partial charge in [-0.05, 0) is 43.6 Å². The molecule has 0 aliphatic carbocycles. The average molecular weight is 289 g/mol. The zero-order valence-corrected chi connectivity index (χ0v) is 12.1. The highest BCUT2D eigenvalue weighted by atomic mass is 32.2. The zero-order chi connectivity index (χ0) is 13.8. The molecule has 102 valence electrons. The predicted molar refractivity (Wildman–Crippen MR) is 78.3 cm³/mol. The Labute approximate surface area is 112 Å². The molecule has 0 saturated heterocycles. The van der Waals surface area contributed by atoms with Gasteiger partial charge in [0, 0.05) is 17.4 Å². The van der Waals surface area contributed by atoms with Crippen LogP contribution < -0.4 is 16.2 Å². The van der Waals surface area contributed by atoms with Crippen molar-refractivity contribution in [3.63, 3.8) is 0 Å². The van der Waals surface area contributed by atoms with E-state index >= 15 is 0 Å². The maximum absolute atomic E-state index is 11.3. The van der Waals surface area contributed by atoms with E-state index in [0.29, 0.717) is 11.4 Å². The van der Waals surface area contributed by atoms with Gasteiger partial charge in [-0.25, -0.2) is 13.6 Å². The molecule has 0 aromatic heterocycles. The maximum atomic E-state index is 11.3. The van der Waals surface area contributed by atoms with Crippen LogP contribution in [0.25, 0.3) is 0 Å². The van der Waals surface area contributed by atoms with Gasteiger partial charge in [-0.3, -0.25) is 0 Å². The summed E-state index contributed by atoms with van der Waals surface area (Å²) >= 11 is 1.77. The highest BCUT2D eigenvalue weighted by Gasteiger charge is 2.11. The van der Waals surface area contributed by atoms with Crippen LogP contribution in [0.15, 0.2) is 23.1 Å². The molecule has 18 heavy (non-hydrogen) atoms. The van der Waals surface area contributed by atoms with Gasteiger partial charge in [-0.15, -0.1) is 0 Å². The lowest BCUT2D eigenvalue weighted by Crippen LogP contribution is -2.17. The number of sulfonamides is 1. The molecule has 0 aliphatic heterocycles. The maximum Gasteiger partial charge on any atom is 0.238 e. The Hall–Kier alpha value is -0.920. The van der Waals surface area contributed by atoms with Crippen molar-refractivity contribution in [2.75, 3.05) is 23.1 Å². The van der Waals surface area contributed by atoms with Crippen LogP contribution in [0, 0.1) is 0 Å². The molecule has 0 amide bonds. The Kier molecular flexibility index (Phi) is 5.30. The molecule has 0 fully saturated rings. The third-order valence-corrected chi connectivity index (χ3v) is 3.96. The van der Waals surface area contributed by atoms with Crippen molar-refractivity contribution in [1.82, 2.24) is 0 Å².